The summed E-state index contributed by atoms with van der Waals surface area (Å²) in [6.45, 7) is 5.10. The van der Waals surface area contributed by atoms with Crippen molar-refractivity contribution in [3.8, 4) is 0 Å². The van der Waals surface area contributed by atoms with E-state index in [9.17, 15) is 4.79 Å². The molecule has 0 saturated carbocycles. The van der Waals surface area contributed by atoms with Crippen LogP contribution in [0.2, 0.25) is 0 Å². The van der Waals surface area contributed by atoms with Crippen LogP contribution in [0.15, 0.2) is 10.6 Å². The van der Waals surface area contributed by atoms with Gasteiger partial charge >= 0.3 is 6.03 Å². The molecule has 1 aromatic heterocycles. The number of amides is 2. The zero-order valence-corrected chi connectivity index (χ0v) is 12.3. The Bertz CT molecular complexity index is 433. The van der Waals surface area contributed by atoms with E-state index in [0.29, 0.717) is 24.1 Å². The zero-order valence-electron chi connectivity index (χ0n) is 12.3. The second-order valence-corrected chi connectivity index (χ2v) is 5.53. The number of aryl methyl sites for hydroxylation is 1. The van der Waals surface area contributed by atoms with E-state index in [-0.39, 0.29) is 6.03 Å². The summed E-state index contributed by atoms with van der Waals surface area (Å²) in [5.74, 6) is 1.83. The van der Waals surface area contributed by atoms with Crippen molar-refractivity contribution >= 4 is 6.03 Å². The number of nitrogens with one attached hydrogen (secondary N) is 2. The van der Waals surface area contributed by atoms with Crippen molar-refractivity contribution in [2.45, 2.75) is 32.7 Å². The van der Waals surface area contributed by atoms with E-state index in [1.165, 1.54) is 19.3 Å². The van der Waals surface area contributed by atoms with E-state index >= 15 is 0 Å². The lowest BCUT2D eigenvalue weighted by molar-refractivity contribution is 0.234. The molecule has 6 nitrogen and oxygen atoms in total. The van der Waals surface area contributed by atoms with Gasteiger partial charge < -0.3 is 20.0 Å². The van der Waals surface area contributed by atoms with Crippen LogP contribution in [0.25, 0.3) is 0 Å². The highest BCUT2D eigenvalue weighted by Gasteiger charge is 2.16. The topological polar surface area (TPSA) is 70.4 Å². The Hall–Kier alpha value is -1.56. The highest BCUT2D eigenvalue weighted by atomic mass is 16.4. The summed E-state index contributed by atoms with van der Waals surface area (Å²) in [6.07, 6.45) is 5.32. The van der Waals surface area contributed by atoms with Crippen LogP contribution in [0.4, 0.5) is 4.79 Å². The van der Waals surface area contributed by atoms with Crippen molar-refractivity contribution in [3.63, 3.8) is 0 Å². The molecule has 20 heavy (non-hydrogen) atoms. The van der Waals surface area contributed by atoms with E-state index in [4.69, 9.17) is 4.42 Å². The summed E-state index contributed by atoms with van der Waals surface area (Å²) in [5.41, 5.74) is 0. The minimum atomic E-state index is -0.147. The summed E-state index contributed by atoms with van der Waals surface area (Å²) >= 11 is 0. The molecule has 2 rings (SSSR count). The van der Waals surface area contributed by atoms with Gasteiger partial charge in [-0.3, -0.25) is 0 Å². The molecule has 2 heterocycles. The molecule has 2 N–H and O–H groups in total. The van der Waals surface area contributed by atoms with Crippen LogP contribution < -0.4 is 10.6 Å². The Morgan fingerprint density at radius 2 is 2.35 bits per heavy atom. The first-order valence-corrected chi connectivity index (χ1v) is 7.25. The number of carbonyl (C=O) groups is 1. The Balaban J connectivity index is 1.66. The first-order valence-electron chi connectivity index (χ1n) is 7.25. The van der Waals surface area contributed by atoms with E-state index in [1.54, 1.807) is 13.1 Å². The third kappa shape index (κ3) is 4.85. The Morgan fingerprint density at radius 3 is 3.10 bits per heavy atom. The molecule has 1 fully saturated rings. The predicted octanol–water partition coefficient (Wildman–Crippen LogP) is 1.51. The number of carbonyl (C=O) groups excluding carboxylic acids is 1. The standard InChI is InChI=1S/C14H24N4O2/c1-11-15-8-13(20-11)9-17-14(19)16-7-12-5-3-4-6-18(2)10-12/h8,12H,3-7,9-10H2,1-2H3,(H2,16,17,19). The van der Waals surface area contributed by atoms with Crippen LogP contribution in [0.3, 0.4) is 0 Å². The smallest absolute Gasteiger partial charge is 0.315 e. The lowest BCUT2D eigenvalue weighted by Gasteiger charge is -2.20. The largest absolute Gasteiger partial charge is 0.444 e. The first kappa shape index (κ1) is 14.8. The molecule has 1 unspecified atom stereocenters. The van der Waals surface area contributed by atoms with E-state index in [1.807, 2.05) is 0 Å². The minimum absolute atomic E-state index is 0.147. The van der Waals surface area contributed by atoms with Crippen LogP contribution >= 0.6 is 0 Å². The number of urea groups is 1. The van der Waals surface area contributed by atoms with Crippen molar-refractivity contribution in [2.24, 2.45) is 5.92 Å². The molecule has 1 aromatic rings. The SMILES string of the molecule is Cc1ncc(CNC(=O)NCC2CCCCN(C)C2)o1. The molecule has 0 spiro atoms. The molecule has 0 aromatic carbocycles. The molecule has 6 heteroatoms. The average Bonchev–Trinajstić information content (AvgIpc) is 2.72. The van der Waals surface area contributed by atoms with Gasteiger partial charge in [-0.05, 0) is 32.4 Å². The molecular formula is C14H24N4O2. The molecule has 112 valence electrons. The van der Waals surface area contributed by atoms with Crippen LogP contribution in [0, 0.1) is 12.8 Å². The third-order valence-corrected chi connectivity index (χ3v) is 3.62. The second-order valence-electron chi connectivity index (χ2n) is 5.53. The first-order chi connectivity index (χ1) is 9.63. The molecule has 0 radical (unpaired) electrons. The lowest BCUT2D eigenvalue weighted by atomic mass is 10.0. The van der Waals surface area contributed by atoms with Gasteiger partial charge in [0, 0.05) is 20.0 Å². The molecule has 0 aliphatic carbocycles. The fraction of sp³-hybridized carbons (Fsp3) is 0.714. The number of aromatic nitrogens is 1. The van der Waals surface area contributed by atoms with Crippen molar-refractivity contribution in [2.75, 3.05) is 26.7 Å². The normalized spacial score (nSPS) is 20.4. The van der Waals surface area contributed by atoms with Gasteiger partial charge in [0.15, 0.2) is 5.89 Å². The maximum Gasteiger partial charge on any atom is 0.315 e. The van der Waals surface area contributed by atoms with Gasteiger partial charge in [0.25, 0.3) is 0 Å². The number of likely N-dealkylation sites (tertiary alicyclic amines) is 1. The number of hydrogen-bond acceptors (Lipinski definition) is 4. The van der Waals surface area contributed by atoms with Gasteiger partial charge in [0.05, 0.1) is 12.7 Å². The van der Waals surface area contributed by atoms with Crippen LogP contribution in [0.5, 0.6) is 0 Å². The third-order valence-electron chi connectivity index (χ3n) is 3.62. The molecular weight excluding hydrogens is 256 g/mol. The van der Waals surface area contributed by atoms with E-state index in [0.717, 1.165) is 19.6 Å². The van der Waals surface area contributed by atoms with Gasteiger partial charge in [-0.2, -0.15) is 0 Å². The van der Waals surface area contributed by atoms with Crippen molar-refractivity contribution < 1.29 is 9.21 Å². The van der Waals surface area contributed by atoms with Crippen LogP contribution in [-0.4, -0.2) is 42.6 Å². The second kappa shape index (κ2) is 7.28. The molecule has 1 saturated heterocycles. The highest BCUT2D eigenvalue weighted by Crippen LogP contribution is 2.14. The predicted molar refractivity (Wildman–Crippen MR) is 76.3 cm³/mol. The summed E-state index contributed by atoms with van der Waals surface area (Å²) in [5, 5.41) is 5.72. The number of rotatable bonds is 4. The van der Waals surface area contributed by atoms with Gasteiger partial charge in [0.2, 0.25) is 0 Å². The quantitative estimate of drug-likeness (QED) is 0.877. The zero-order chi connectivity index (χ0) is 14.4. The monoisotopic (exact) mass is 280 g/mol. The number of nitrogens with zero attached hydrogens (tertiary/aromatic N) is 2. The van der Waals surface area contributed by atoms with Gasteiger partial charge in [-0.15, -0.1) is 0 Å². The van der Waals surface area contributed by atoms with Crippen molar-refractivity contribution in [1.82, 2.24) is 20.5 Å². The highest BCUT2D eigenvalue weighted by molar-refractivity contribution is 5.73. The number of oxazole rings is 1. The molecule has 1 atom stereocenters. The summed E-state index contributed by atoms with van der Waals surface area (Å²) in [4.78, 5) is 18.1. The molecule has 1 aliphatic rings. The van der Waals surface area contributed by atoms with E-state index < -0.39 is 0 Å². The fourth-order valence-corrected chi connectivity index (χ4v) is 2.56. The maximum atomic E-state index is 11.7. The summed E-state index contributed by atoms with van der Waals surface area (Å²) in [6, 6.07) is -0.147. The van der Waals surface area contributed by atoms with Gasteiger partial charge in [-0.1, -0.05) is 6.42 Å². The Morgan fingerprint density at radius 1 is 1.50 bits per heavy atom. The van der Waals surface area contributed by atoms with Crippen LogP contribution in [0.1, 0.15) is 30.9 Å². The minimum Gasteiger partial charge on any atom is -0.444 e. The summed E-state index contributed by atoms with van der Waals surface area (Å²) in [7, 11) is 2.14. The molecule has 2 amide bonds. The van der Waals surface area contributed by atoms with E-state index in [2.05, 4.69) is 27.6 Å². The van der Waals surface area contributed by atoms with Gasteiger partial charge in [-0.25, -0.2) is 9.78 Å². The van der Waals surface area contributed by atoms with Gasteiger partial charge in [0.1, 0.15) is 5.76 Å². The Labute approximate surface area is 119 Å². The summed E-state index contributed by atoms with van der Waals surface area (Å²) < 4.78 is 5.30. The molecule has 0 bridgehead atoms. The molecule has 1 aliphatic heterocycles. The van der Waals surface area contributed by atoms with Crippen molar-refractivity contribution in [3.05, 3.63) is 17.8 Å². The lowest BCUT2D eigenvalue weighted by Crippen LogP contribution is -2.39. The average molecular weight is 280 g/mol. The maximum absolute atomic E-state index is 11.7. The number of hydrogen-bond donors (Lipinski definition) is 2. The van der Waals surface area contributed by atoms with Crippen LogP contribution in [-0.2, 0) is 6.54 Å². The van der Waals surface area contributed by atoms with Crippen molar-refractivity contribution in [1.29, 1.82) is 0 Å². The fourth-order valence-electron chi connectivity index (χ4n) is 2.56. The Kier molecular flexibility index (Phi) is 5.40.